The maximum Gasteiger partial charge on any atom is 0.340 e. The molecule has 1 heterocycles. The van der Waals surface area contributed by atoms with Crippen LogP contribution in [-0.2, 0) is 19.5 Å². The number of rotatable bonds is 7. The largest absolute Gasteiger partial charge is 0.496 e. The molecule has 0 radical (unpaired) electrons. The number of nitrogens with zero attached hydrogens (tertiary/aromatic N) is 1. The summed E-state index contributed by atoms with van der Waals surface area (Å²) in [7, 11) is -2.56. The number of benzene rings is 2. The van der Waals surface area contributed by atoms with Crippen LogP contribution in [0.15, 0.2) is 41.3 Å². The van der Waals surface area contributed by atoms with Gasteiger partial charge in [0.15, 0.2) is 6.61 Å². The Morgan fingerprint density at radius 1 is 1.06 bits per heavy atom. The Hall–Kier alpha value is -2.17. The van der Waals surface area contributed by atoms with Gasteiger partial charge in [-0.3, -0.25) is 4.79 Å². The molecule has 31 heavy (non-hydrogen) atoms. The first-order valence-corrected chi connectivity index (χ1v) is 11.4. The third kappa shape index (κ3) is 5.19. The Bertz CT molecular complexity index is 1100. The summed E-state index contributed by atoms with van der Waals surface area (Å²) in [6, 6.07) is 8.72. The maximum atomic E-state index is 12.9. The van der Waals surface area contributed by atoms with Crippen molar-refractivity contribution >= 4 is 45.0 Å². The summed E-state index contributed by atoms with van der Waals surface area (Å²) in [5, 5.41) is -0.223. The highest BCUT2D eigenvalue weighted by atomic mass is 35.5. The van der Waals surface area contributed by atoms with E-state index in [1.54, 1.807) is 18.2 Å². The van der Waals surface area contributed by atoms with Crippen LogP contribution in [0.25, 0.3) is 0 Å². The first-order chi connectivity index (χ1) is 14.8. The van der Waals surface area contributed by atoms with Crippen LogP contribution < -0.4 is 4.74 Å². The van der Waals surface area contributed by atoms with Gasteiger partial charge in [-0.25, -0.2) is 13.2 Å². The van der Waals surface area contributed by atoms with Gasteiger partial charge in [0.1, 0.15) is 10.6 Å². The highest BCUT2D eigenvalue weighted by Gasteiger charge is 2.30. The monoisotopic (exact) mass is 487 g/mol. The molecule has 0 aliphatic carbocycles. The number of carbonyl (C=O) groups is 2. The van der Waals surface area contributed by atoms with E-state index in [0.717, 1.165) is 12.1 Å². The van der Waals surface area contributed by atoms with E-state index in [-0.39, 0.29) is 52.4 Å². The molecule has 166 valence electrons. The zero-order valence-corrected chi connectivity index (χ0v) is 18.8. The van der Waals surface area contributed by atoms with Crippen molar-refractivity contribution in [3.8, 4) is 5.75 Å². The fourth-order valence-electron chi connectivity index (χ4n) is 2.97. The van der Waals surface area contributed by atoms with Crippen molar-refractivity contribution in [3.63, 3.8) is 0 Å². The molecule has 0 saturated carbocycles. The summed E-state index contributed by atoms with van der Waals surface area (Å²) in [5.41, 5.74) is 0.0290. The molecule has 0 aromatic heterocycles. The summed E-state index contributed by atoms with van der Waals surface area (Å²) in [6.45, 7) is 0.251. The molecule has 0 amide bonds. The number of Topliss-reactive ketones (excluding diaryl/α,β-unsaturated/α-hetero) is 1. The van der Waals surface area contributed by atoms with Crippen LogP contribution in [0, 0.1) is 0 Å². The molecule has 1 saturated heterocycles. The fraction of sp³-hybridized carbons (Fsp3) is 0.300. The average Bonchev–Trinajstić information content (AvgIpc) is 2.77. The van der Waals surface area contributed by atoms with Gasteiger partial charge in [-0.1, -0.05) is 35.3 Å². The van der Waals surface area contributed by atoms with Crippen molar-refractivity contribution in [3.05, 3.63) is 57.6 Å². The van der Waals surface area contributed by atoms with Gasteiger partial charge in [0.25, 0.3) is 0 Å². The maximum absolute atomic E-state index is 12.9. The van der Waals surface area contributed by atoms with Crippen molar-refractivity contribution in [2.45, 2.75) is 4.90 Å². The van der Waals surface area contributed by atoms with Gasteiger partial charge in [-0.05, 0) is 24.3 Å². The number of carbonyl (C=O) groups excluding carboxylic acids is 2. The molecule has 2 aromatic rings. The minimum absolute atomic E-state index is 0.0966. The molecule has 1 aliphatic heterocycles. The third-order valence-electron chi connectivity index (χ3n) is 4.57. The SMILES string of the molecule is COc1ccccc1C(=O)COC(=O)c1cc(S(=O)(=O)N2CCOCC2)c(Cl)cc1Cl. The number of halogens is 2. The van der Waals surface area contributed by atoms with Gasteiger partial charge < -0.3 is 14.2 Å². The second kappa shape index (κ2) is 9.97. The summed E-state index contributed by atoms with van der Waals surface area (Å²) in [5.74, 6) is -1.10. The predicted molar refractivity (Wildman–Crippen MR) is 114 cm³/mol. The van der Waals surface area contributed by atoms with Crippen LogP contribution in [0.4, 0.5) is 0 Å². The molecule has 3 rings (SSSR count). The highest BCUT2D eigenvalue weighted by Crippen LogP contribution is 2.31. The van der Waals surface area contributed by atoms with Gasteiger partial charge >= 0.3 is 5.97 Å². The molecule has 1 aliphatic rings. The van der Waals surface area contributed by atoms with Gasteiger partial charge in [0, 0.05) is 13.1 Å². The molecule has 0 spiro atoms. The van der Waals surface area contributed by atoms with E-state index < -0.39 is 28.4 Å². The second-order valence-corrected chi connectivity index (χ2v) is 9.20. The fourth-order valence-corrected chi connectivity index (χ4v) is 5.20. The van der Waals surface area contributed by atoms with Gasteiger partial charge in [0.2, 0.25) is 15.8 Å². The van der Waals surface area contributed by atoms with Crippen LogP contribution in [0.5, 0.6) is 5.75 Å². The number of para-hydroxylation sites is 1. The van der Waals surface area contributed by atoms with Crippen molar-refractivity contribution in [2.24, 2.45) is 0 Å². The van der Waals surface area contributed by atoms with Crippen molar-refractivity contribution in [1.82, 2.24) is 4.31 Å². The summed E-state index contributed by atoms with van der Waals surface area (Å²) in [6.07, 6.45) is 0. The number of ketones is 1. The molecular formula is C20H19Cl2NO7S. The molecule has 0 bridgehead atoms. The lowest BCUT2D eigenvalue weighted by atomic mass is 10.1. The van der Waals surface area contributed by atoms with E-state index in [1.807, 2.05) is 0 Å². The standard InChI is InChI=1S/C20H19Cl2NO7S/c1-28-18-5-3-2-4-13(18)17(24)12-30-20(25)14-10-19(16(22)11-15(14)21)31(26,27)23-6-8-29-9-7-23/h2-5,10-11H,6-9,12H2,1H3. The van der Waals surface area contributed by atoms with E-state index >= 15 is 0 Å². The topological polar surface area (TPSA) is 99.2 Å². The first kappa shape index (κ1) is 23.5. The number of methoxy groups -OCH3 is 1. The molecule has 1 fully saturated rings. The van der Waals surface area contributed by atoms with Crippen molar-refractivity contribution in [2.75, 3.05) is 40.0 Å². The lowest BCUT2D eigenvalue weighted by Crippen LogP contribution is -2.40. The second-order valence-electron chi connectivity index (χ2n) is 6.48. The Morgan fingerprint density at radius 2 is 1.74 bits per heavy atom. The Kier molecular flexibility index (Phi) is 7.55. The molecule has 8 nitrogen and oxygen atoms in total. The Morgan fingerprint density at radius 3 is 2.42 bits per heavy atom. The van der Waals surface area contributed by atoms with E-state index in [1.165, 1.54) is 17.5 Å². The van der Waals surface area contributed by atoms with E-state index in [2.05, 4.69) is 0 Å². The Balaban J connectivity index is 1.81. The zero-order chi connectivity index (χ0) is 22.6. The van der Waals surface area contributed by atoms with Crippen LogP contribution in [0.1, 0.15) is 20.7 Å². The van der Waals surface area contributed by atoms with Crippen LogP contribution in [0.2, 0.25) is 10.0 Å². The average molecular weight is 488 g/mol. The number of esters is 1. The minimum atomic E-state index is -3.98. The number of morpholine rings is 1. The van der Waals surface area contributed by atoms with Gasteiger partial charge in [0.05, 0.1) is 41.5 Å². The number of hydrogen-bond donors (Lipinski definition) is 0. The van der Waals surface area contributed by atoms with Gasteiger partial charge in [-0.15, -0.1) is 0 Å². The summed E-state index contributed by atoms with van der Waals surface area (Å²) >= 11 is 12.2. The first-order valence-electron chi connectivity index (χ1n) is 9.16. The normalized spacial score (nSPS) is 14.8. The number of ether oxygens (including phenoxy) is 3. The molecule has 0 atom stereocenters. The number of hydrogen-bond acceptors (Lipinski definition) is 7. The molecule has 0 N–H and O–H groups in total. The predicted octanol–water partition coefficient (Wildman–Crippen LogP) is 3.06. The van der Waals surface area contributed by atoms with Crippen molar-refractivity contribution in [1.29, 1.82) is 0 Å². The van der Waals surface area contributed by atoms with E-state index in [0.29, 0.717) is 5.75 Å². The lowest BCUT2D eigenvalue weighted by Gasteiger charge is -2.26. The third-order valence-corrected chi connectivity index (χ3v) is 7.25. The minimum Gasteiger partial charge on any atom is -0.496 e. The van der Waals surface area contributed by atoms with Crippen LogP contribution >= 0.6 is 23.2 Å². The zero-order valence-electron chi connectivity index (χ0n) is 16.5. The van der Waals surface area contributed by atoms with Crippen molar-refractivity contribution < 1.29 is 32.2 Å². The molecule has 0 unspecified atom stereocenters. The lowest BCUT2D eigenvalue weighted by molar-refractivity contribution is 0.0473. The van der Waals surface area contributed by atoms with Crippen LogP contribution in [0.3, 0.4) is 0 Å². The molecular weight excluding hydrogens is 469 g/mol. The molecule has 11 heteroatoms. The Labute approximate surface area is 189 Å². The highest BCUT2D eigenvalue weighted by molar-refractivity contribution is 7.89. The molecule has 2 aromatic carbocycles. The summed E-state index contributed by atoms with van der Waals surface area (Å²) < 4.78 is 42.5. The number of sulfonamides is 1. The van der Waals surface area contributed by atoms with E-state index in [9.17, 15) is 18.0 Å². The smallest absolute Gasteiger partial charge is 0.340 e. The quantitative estimate of drug-likeness (QED) is 0.436. The van der Waals surface area contributed by atoms with Gasteiger partial charge in [-0.2, -0.15) is 4.31 Å². The van der Waals surface area contributed by atoms with E-state index in [4.69, 9.17) is 37.4 Å². The summed E-state index contributed by atoms with van der Waals surface area (Å²) in [4.78, 5) is 24.7. The van der Waals surface area contributed by atoms with Crippen LogP contribution in [-0.4, -0.2) is 64.5 Å².